The van der Waals surface area contributed by atoms with Crippen LogP contribution in [0.2, 0.25) is 0 Å². The highest BCUT2D eigenvalue weighted by molar-refractivity contribution is 7.91. The van der Waals surface area contributed by atoms with Crippen LogP contribution < -0.4 is 4.18 Å². The summed E-state index contributed by atoms with van der Waals surface area (Å²) < 4.78 is 61.5. The van der Waals surface area contributed by atoms with E-state index >= 15 is 0 Å². The number of sulfone groups is 1. The molecule has 11 nitrogen and oxygen atoms in total. The number of amides is 1. The standard InChI is InChI=1S/C22H29N3O8S2/c1-6-11-35(30,31)33-21-16(13-23-25(21)7-2)20(26)15-8-9-18-19(14(15)3)17(10-12-34(18,28)29)24(4)22(27)32-5/h8-9,13,17H,6-7,10-12H2,1-5H3. The number of hydrogen-bond acceptors (Lipinski definition) is 9. The average Bonchev–Trinajstić information content (AvgIpc) is 3.19. The van der Waals surface area contributed by atoms with Gasteiger partial charge in [-0.1, -0.05) is 6.92 Å². The van der Waals surface area contributed by atoms with Crippen molar-refractivity contribution in [2.45, 2.75) is 51.1 Å². The molecule has 0 radical (unpaired) electrons. The molecule has 0 fully saturated rings. The number of hydrogen-bond donors (Lipinski definition) is 0. The molecule has 1 aliphatic heterocycles. The zero-order valence-electron chi connectivity index (χ0n) is 20.3. The van der Waals surface area contributed by atoms with Crippen LogP contribution in [-0.4, -0.2) is 69.1 Å². The molecule has 1 atom stereocenters. The fraction of sp³-hybridized carbons (Fsp3) is 0.500. The van der Waals surface area contributed by atoms with Crippen molar-refractivity contribution in [2.75, 3.05) is 25.7 Å². The number of aryl methyl sites for hydroxylation is 1. The Morgan fingerprint density at radius 3 is 2.51 bits per heavy atom. The van der Waals surface area contributed by atoms with Gasteiger partial charge >= 0.3 is 16.2 Å². The highest BCUT2D eigenvalue weighted by atomic mass is 32.2. The predicted octanol–water partition coefficient (Wildman–Crippen LogP) is 2.48. The highest BCUT2D eigenvalue weighted by Crippen LogP contribution is 2.40. The minimum absolute atomic E-state index is 0.0461. The lowest BCUT2D eigenvalue weighted by Gasteiger charge is -2.33. The summed E-state index contributed by atoms with van der Waals surface area (Å²) in [7, 11) is -4.84. The van der Waals surface area contributed by atoms with Crippen LogP contribution in [-0.2, 0) is 31.2 Å². The minimum Gasteiger partial charge on any atom is -0.453 e. The summed E-state index contributed by atoms with van der Waals surface area (Å²) in [6.45, 7) is 5.28. The maximum atomic E-state index is 13.6. The van der Waals surface area contributed by atoms with E-state index in [4.69, 9.17) is 8.92 Å². The summed E-state index contributed by atoms with van der Waals surface area (Å²) in [4.78, 5) is 27.1. The SMILES string of the molecule is CCCS(=O)(=O)Oc1c(C(=O)c2ccc3c(c2C)C(N(C)C(=O)OC)CCS3(=O)=O)cnn1CC. The molecule has 0 N–H and O–H groups in total. The molecule has 0 spiro atoms. The number of benzene rings is 1. The molecule has 3 rings (SSSR count). The number of carbonyl (C=O) groups excluding carboxylic acids is 2. The van der Waals surface area contributed by atoms with E-state index in [0.717, 1.165) is 0 Å². The van der Waals surface area contributed by atoms with E-state index in [-0.39, 0.29) is 46.4 Å². The van der Waals surface area contributed by atoms with Crippen LogP contribution in [0.25, 0.3) is 0 Å². The first-order valence-electron chi connectivity index (χ1n) is 11.1. The van der Waals surface area contributed by atoms with Gasteiger partial charge in [-0.2, -0.15) is 13.5 Å². The molecule has 0 saturated heterocycles. The lowest BCUT2D eigenvalue weighted by molar-refractivity contribution is 0.103. The first-order chi connectivity index (χ1) is 16.4. The largest absolute Gasteiger partial charge is 0.453 e. The van der Waals surface area contributed by atoms with Crippen molar-refractivity contribution in [3.8, 4) is 5.88 Å². The molecular formula is C22H29N3O8S2. The zero-order chi connectivity index (χ0) is 26.1. The van der Waals surface area contributed by atoms with Crippen LogP contribution in [0.4, 0.5) is 4.79 Å². The fourth-order valence-electron chi connectivity index (χ4n) is 4.21. The summed E-state index contributed by atoms with van der Waals surface area (Å²) in [6.07, 6.45) is 1.06. The summed E-state index contributed by atoms with van der Waals surface area (Å²) >= 11 is 0. The Labute approximate surface area is 205 Å². The van der Waals surface area contributed by atoms with Crippen molar-refractivity contribution >= 4 is 31.8 Å². The third kappa shape index (κ3) is 5.06. The monoisotopic (exact) mass is 527 g/mol. The van der Waals surface area contributed by atoms with Gasteiger partial charge in [0.15, 0.2) is 15.6 Å². The normalized spacial score (nSPS) is 16.9. The third-order valence-electron chi connectivity index (χ3n) is 5.97. The van der Waals surface area contributed by atoms with Gasteiger partial charge in [-0.05, 0) is 49.9 Å². The van der Waals surface area contributed by atoms with Gasteiger partial charge in [-0.3, -0.25) is 4.79 Å². The Morgan fingerprint density at radius 1 is 1.23 bits per heavy atom. The quantitative estimate of drug-likeness (QED) is 0.374. The molecule has 1 amide bonds. The molecule has 0 saturated carbocycles. The summed E-state index contributed by atoms with van der Waals surface area (Å²) in [5.41, 5.74) is 0.783. The second-order valence-corrected chi connectivity index (χ2v) is 12.0. The number of ketones is 1. The van der Waals surface area contributed by atoms with Crippen LogP contribution in [0.15, 0.2) is 23.2 Å². The van der Waals surface area contributed by atoms with Gasteiger partial charge in [0.1, 0.15) is 5.56 Å². The molecular weight excluding hydrogens is 498 g/mol. The minimum atomic E-state index is -3.95. The van der Waals surface area contributed by atoms with Gasteiger partial charge in [0.2, 0.25) is 5.88 Å². The van der Waals surface area contributed by atoms with E-state index in [1.807, 2.05) is 0 Å². The molecule has 1 aromatic heterocycles. The lowest BCUT2D eigenvalue weighted by atomic mass is 9.91. The third-order valence-corrected chi connectivity index (χ3v) is 9.09. The number of rotatable bonds is 8. The van der Waals surface area contributed by atoms with Crippen molar-refractivity contribution in [1.82, 2.24) is 14.7 Å². The Hall–Kier alpha value is -2.93. The smallest absolute Gasteiger partial charge is 0.409 e. The fourth-order valence-corrected chi connectivity index (χ4v) is 6.87. The lowest BCUT2D eigenvalue weighted by Crippen LogP contribution is -2.36. The van der Waals surface area contributed by atoms with E-state index in [1.54, 1.807) is 20.8 Å². The van der Waals surface area contributed by atoms with Gasteiger partial charge in [0, 0.05) is 19.2 Å². The average molecular weight is 528 g/mol. The van der Waals surface area contributed by atoms with Crippen molar-refractivity contribution < 1.29 is 35.3 Å². The van der Waals surface area contributed by atoms with E-state index in [0.29, 0.717) is 17.5 Å². The second-order valence-electron chi connectivity index (χ2n) is 8.21. The number of fused-ring (bicyclic) bond motifs is 1. The van der Waals surface area contributed by atoms with Crippen LogP contribution in [0.3, 0.4) is 0 Å². The maximum Gasteiger partial charge on any atom is 0.409 e. The summed E-state index contributed by atoms with van der Waals surface area (Å²) in [5.74, 6) is -1.16. The van der Waals surface area contributed by atoms with E-state index in [1.165, 1.54) is 42.1 Å². The number of nitrogens with zero attached hydrogens (tertiary/aromatic N) is 3. The Bertz CT molecular complexity index is 1360. The Balaban J connectivity index is 2.16. The molecule has 0 aliphatic carbocycles. The van der Waals surface area contributed by atoms with Crippen LogP contribution in [0.1, 0.15) is 59.8 Å². The first-order valence-corrected chi connectivity index (χ1v) is 14.3. The van der Waals surface area contributed by atoms with Crippen LogP contribution in [0.5, 0.6) is 5.88 Å². The molecule has 1 unspecified atom stereocenters. The van der Waals surface area contributed by atoms with Gasteiger partial charge in [0.25, 0.3) is 0 Å². The number of ether oxygens (including phenoxy) is 1. The van der Waals surface area contributed by atoms with E-state index in [2.05, 4.69) is 5.10 Å². The van der Waals surface area contributed by atoms with Crippen LogP contribution in [0, 0.1) is 6.92 Å². The molecule has 2 heterocycles. The number of methoxy groups -OCH3 is 1. The Kier molecular flexibility index (Phi) is 7.60. The maximum absolute atomic E-state index is 13.6. The molecule has 1 aliphatic rings. The second kappa shape index (κ2) is 9.97. The number of aromatic nitrogens is 2. The van der Waals surface area contributed by atoms with Gasteiger partial charge < -0.3 is 13.8 Å². The van der Waals surface area contributed by atoms with Crippen molar-refractivity contribution in [3.63, 3.8) is 0 Å². The van der Waals surface area contributed by atoms with Crippen LogP contribution >= 0.6 is 0 Å². The Morgan fingerprint density at radius 2 is 1.91 bits per heavy atom. The van der Waals surface area contributed by atoms with Crippen molar-refractivity contribution in [1.29, 1.82) is 0 Å². The van der Waals surface area contributed by atoms with E-state index in [9.17, 15) is 26.4 Å². The molecule has 2 aromatic rings. The molecule has 13 heteroatoms. The van der Waals surface area contributed by atoms with Crippen molar-refractivity contribution in [2.24, 2.45) is 0 Å². The van der Waals surface area contributed by atoms with Gasteiger partial charge in [0.05, 0.1) is 35.7 Å². The van der Waals surface area contributed by atoms with Gasteiger partial charge in [-0.15, -0.1) is 0 Å². The van der Waals surface area contributed by atoms with Crippen molar-refractivity contribution in [3.05, 3.63) is 40.6 Å². The summed E-state index contributed by atoms with van der Waals surface area (Å²) in [6, 6.07) is 2.11. The molecule has 192 valence electrons. The highest BCUT2D eigenvalue weighted by Gasteiger charge is 2.37. The molecule has 35 heavy (non-hydrogen) atoms. The predicted molar refractivity (Wildman–Crippen MR) is 127 cm³/mol. The number of carbonyl (C=O) groups is 2. The molecule has 0 bridgehead atoms. The zero-order valence-corrected chi connectivity index (χ0v) is 21.9. The molecule has 1 aromatic carbocycles. The topological polar surface area (TPSA) is 142 Å². The first kappa shape index (κ1) is 26.7. The summed E-state index contributed by atoms with van der Waals surface area (Å²) in [5, 5.41) is 4.08. The van der Waals surface area contributed by atoms with Gasteiger partial charge in [-0.25, -0.2) is 17.9 Å². The van der Waals surface area contributed by atoms with E-state index < -0.39 is 37.9 Å².